The van der Waals surface area contributed by atoms with Crippen LogP contribution in [0, 0.1) is 6.92 Å². The molecule has 2 N–H and O–H groups in total. The Bertz CT molecular complexity index is 451. The Morgan fingerprint density at radius 3 is 2.94 bits per heavy atom. The Labute approximate surface area is 94.7 Å². The number of nitrogens with one attached hydrogen (secondary N) is 2. The minimum atomic E-state index is 0.732. The maximum Gasteiger partial charge on any atom is 0.169 e. The number of aryl methyl sites for hydroxylation is 1. The fourth-order valence-corrected chi connectivity index (χ4v) is 1.49. The number of hydrogen-bond donors (Lipinski definition) is 2. The van der Waals surface area contributed by atoms with E-state index in [1.807, 2.05) is 37.5 Å². The molecule has 4 nitrogen and oxygen atoms in total. The third-order valence-corrected chi connectivity index (χ3v) is 2.34. The average Bonchev–Trinajstić information content (AvgIpc) is 2.79. The van der Waals surface area contributed by atoms with Crippen LogP contribution >= 0.6 is 0 Å². The highest BCUT2D eigenvalue weighted by Gasteiger charge is 2.04. The highest BCUT2D eigenvalue weighted by atomic mass is 16.5. The maximum absolute atomic E-state index is 5.24. The molecule has 0 fully saturated rings. The van der Waals surface area contributed by atoms with Gasteiger partial charge in [0, 0.05) is 24.6 Å². The van der Waals surface area contributed by atoms with Gasteiger partial charge in [0.05, 0.1) is 7.11 Å². The van der Waals surface area contributed by atoms with Crippen molar-refractivity contribution in [1.29, 1.82) is 0 Å². The van der Waals surface area contributed by atoms with Crippen molar-refractivity contribution in [2.24, 2.45) is 0 Å². The van der Waals surface area contributed by atoms with Crippen molar-refractivity contribution in [1.82, 2.24) is 9.97 Å². The first-order valence-corrected chi connectivity index (χ1v) is 5.17. The van der Waals surface area contributed by atoms with E-state index in [1.54, 1.807) is 7.11 Å². The van der Waals surface area contributed by atoms with Crippen LogP contribution < -0.4 is 10.1 Å². The Kier molecular flexibility index (Phi) is 3.10. The van der Waals surface area contributed by atoms with E-state index in [-0.39, 0.29) is 0 Å². The average molecular weight is 217 g/mol. The second-order valence-electron chi connectivity index (χ2n) is 3.58. The van der Waals surface area contributed by atoms with Crippen molar-refractivity contribution >= 4 is 5.82 Å². The zero-order valence-electron chi connectivity index (χ0n) is 9.45. The van der Waals surface area contributed by atoms with Gasteiger partial charge in [-0.25, -0.2) is 4.98 Å². The van der Waals surface area contributed by atoms with Crippen LogP contribution in [-0.4, -0.2) is 17.1 Å². The molecule has 0 aliphatic heterocycles. The number of aromatic amines is 1. The van der Waals surface area contributed by atoms with Crippen molar-refractivity contribution in [2.45, 2.75) is 13.5 Å². The van der Waals surface area contributed by atoms with Gasteiger partial charge in [-0.3, -0.25) is 0 Å². The summed E-state index contributed by atoms with van der Waals surface area (Å²) in [6, 6.07) is 5.87. The smallest absolute Gasteiger partial charge is 0.169 e. The maximum atomic E-state index is 5.24. The fraction of sp³-hybridized carbons (Fsp3) is 0.250. The van der Waals surface area contributed by atoms with Gasteiger partial charge < -0.3 is 15.0 Å². The number of pyridine rings is 1. The second-order valence-corrected chi connectivity index (χ2v) is 3.58. The standard InChI is InChI=1S/C12H15N3O/c1-9-3-4-11(16-2)12(15-9)14-8-10-5-6-13-7-10/h3-7,13H,8H2,1-2H3,(H,14,15). The Hall–Kier alpha value is -1.97. The van der Waals surface area contributed by atoms with Crippen LogP contribution in [0.1, 0.15) is 11.3 Å². The molecule has 0 atom stereocenters. The molecule has 0 unspecified atom stereocenters. The van der Waals surface area contributed by atoms with Gasteiger partial charge in [0.1, 0.15) is 0 Å². The van der Waals surface area contributed by atoms with Crippen LogP contribution in [-0.2, 0) is 6.54 Å². The summed E-state index contributed by atoms with van der Waals surface area (Å²) >= 11 is 0. The lowest BCUT2D eigenvalue weighted by atomic mass is 10.3. The summed E-state index contributed by atoms with van der Waals surface area (Å²) in [5, 5.41) is 3.25. The topological polar surface area (TPSA) is 49.9 Å². The van der Waals surface area contributed by atoms with Crippen molar-refractivity contribution in [3.05, 3.63) is 41.9 Å². The van der Waals surface area contributed by atoms with Crippen molar-refractivity contribution in [3.8, 4) is 5.75 Å². The van der Waals surface area contributed by atoms with Gasteiger partial charge in [-0.1, -0.05) is 0 Å². The minimum absolute atomic E-state index is 0.732. The van der Waals surface area contributed by atoms with Gasteiger partial charge in [-0.05, 0) is 30.7 Å². The lowest BCUT2D eigenvalue weighted by molar-refractivity contribution is 0.414. The molecular formula is C12H15N3O. The fourth-order valence-electron chi connectivity index (χ4n) is 1.49. The monoisotopic (exact) mass is 217 g/mol. The van der Waals surface area contributed by atoms with Crippen LogP contribution in [0.5, 0.6) is 5.75 Å². The summed E-state index contributed by atoms with van der Waals surface area (Å²) in [5.41, 5.74) is 2.16. The van der Waals surface area contributed by atoms with E-state index in [2.05, 4.69) is 15.3 Å². The number of ether oxygens (including phenoxy) is 1. The number of methoxy groups -OCH3 is 1. The van der Waals surface area contributed by atoms with Gasteiger partial charge >= 0.3 is 0 Å². The number of nitrogens with zero attached hydrogens (tertiary/aromatic N) is 1. The Balaban J connectivity index is 2.11. The van der Waals surface area contributed by atoms with Gasteiger partial charge in [0.15, 0.2) is 11.6 Å². The van der Waals surface area contributed by atoms with Gasteiger partial charge in [0.25, 0.3) is 0 Å². The molecule has 2 aromatic rings. The molecular weight excluding hydrogens is 202 g/mol. The molecule has 0 radical (unpaired) electrons. The van der Waals surface area contributed by atoms with Crippen molar-refractivity contribution in [2.75, 3.05) is 12.4 Å². The molecule has 0 aromatic carbocycles. The summed E-state index contributed by atoms with van der Waals surface area (Å²) in [6.45, 7) is 2.69. The van der Waals surface area contributed by atoms with Crippen LogP contribution in [0.25, 0.3) is 0 Å². The number of H-pyrrole nitrogens is 1. The molecule has 16 heavy (non-hydrogen) atoms. The van der Waals surface area contributed by atoms with Gasteiger partial charge in [0.2, 0.25) is 0 Å². The van der Waals surface area contributed by atoms with Crippen molar-refractivity contribution in [3.63, 3.8) is 0 Å². The molecule has 2 aromatic heterocycles. The quantitative estimate of drug-likeness (QED) is 0.826. The lowest BCUT2D eigenvalue weighted by Gasteiger charge is -2.09. The predicted molar refractivity (Wildman–Crippen MR) is 63.6 cm³/mol. The Morgan fingerprint density at radius 1 is 1.38 bits per heavy atom. The zero-order chi connectivity index (χ0) is 11.4. The van der Waals surface area contributed by atoms with E-state index in [0.29, 0.717) is 0 Å². The molecule has 0 amide bonds. The highest BCUT2D eigenvalue weighted by Crippen LogP contribution is 2.22. The molecule has 0 aliphatic rings. The number of rotatable bonds is 4. The molecule has 4 heteroatoms. The second kappa shape index (κ2) is 4.70. The largest absolute Gasteiger partial charge is 0.493 e. The first-order valence-electron chi connectivity index (χ1n) is 5.17. The lowest BCUT2D eigenvalue weighted by Crippen LogP contribution is -2.03. The summed E-state index contributed by atoms with van der Waals surface area (Å²) in [6.07, 6.45) is 3.85. The van der Waals surface area contributed by atoms with Crippen LogP contribution in [0.15, 0.2) is 30.6 Å². The third-order valence-electron chi connectivity index (χ3n) is 2.34. The summed E-state index contributed by atoms with van der Waals surface area (Å²) in [4.78, 5) is 7.41. The first-order chi connectivity index (χ1) is 7.79. The minimum Gasteiger partial charge on any atom is -0.493 e. The van der Waals surface area contributed by atoms with Crippen molar-refractivity contribution < 1.29 is 4.74 Å². The van der Waals surface area contributed by atoms with E-state index in [9.17, 15) is 0 Å². The van der Waals surface area contributed by atoms with Crippen LogP contribution in [0.3, 0.4) is 0 Å². The first kappa shape index (κ1) is 10.5. The van der Waals surface area contributed by atoms with Gasteiger partial charge in [-0.2, -0.15) is 0 Å². The van der Waals surface area contributed by atoms with E-state index >= 15 is 0 Å². The molecule has 0 bridgehead atoms. The molecule has 0 spiro atoms. The van der Waals surface area contributed by atoms with Crippen LogP contribution in [0.4, 0.5) is 5.82 Å². The zero-order valence-corrected chi connectivity index (χ0v) is 9.45. The summed E-state index contributed by atoms with van der Waals surface area (Å²) < 4.78 is 5.24. The number of aromatic nitrogens is 2. The van der Waals surface area contributed by atoms with E-state index in [0.717, 1.165) is 23.8 Å². The van der Waals surface area contributed by atoms with Crippen LogP contribution in [0.2, 0.25) is 0 Å². The molecule has 2 heterocycles. The predicted octanol–water partition coefficient (Wildman–Crippen LogP) is 2.34. The SMILES string of the molecule is COc1ccc(C)nc1NCc1cc[nH]c1. The van der Waals surface area contributed by atoms with E-state index < -0.39 is 0 Å². The molecule has 0 saturated heterocycles. The number of hydrogen-bond acceptors (Lipinski definition) is 3. The number of anilines is 1. The Morgan fingerprint density at radius 2 is 2.25 bits per heavy atom. The molecule has 2 rings (SSSR count). The normalized spacial score (nSPS) is 10.1. The highest BCUT2D eigenvalue weighted by molar-refractivity contribution is 5.50. The molecule has 84 valence electrons. The third kappa shape index (κ3) is 2.34. The summed E-state index contributed by atoms with van der Waals surface area (Å²) in [7, 11) is 1.65. The van der Waals surface area contributed by atoms with E-state index in [1.165, 1.54) is 5.56 Å². The van der Waals surface area contributed by atoms with E-state index in [4.69, 9.17) is 4.74 Å². The molecule has 0 saturated carbocycles. The molecule has 0 aliphatic carbocycles. The van der Waals surface area contributed by atoms with Gasteiger partial charge in [-0.15, -0.1) is 0 Å². The summed E-state index contributed by atoms with van der Waals surface area (Å²) in [5.74, 6) is 1.55.